The fourth-order valence-electron chi connectivity index (χ4n) is 1.73. The van der Waals surface area contributed by atoms with Gasteiger partial charge in [0.15, 0.2) is 5.82 Å². The number of benzene rings is 1. The Labute approximate surface area is 119 Å². The van der Waals surface area contributed by atoms with Gasteiger partial charge in [0, 0.05) is 11.8 Å². The standard InChI is InChI=1S/C13H13FN4O3/c1-7(2)10-6-12(17-16-10)15-13(19)9-4-3-8(14)5-11(9)18(20)21/h3-7H,1-2H3,(H2,15,16,17,19). The lowest BCUT2D eigenvalue weighted by molar-refractivity contribution is -0.385. The third-order valence-electron chi connectivity index (χ3n) is 2.86. The first-order valence-electron chi connectivity index (χ1n) is 6.19. The zero-order valence-electron chi connectivity index (χ0n) is 11.4. The molecule has 0 unspecified atom stereocenters. The average molecular weight is 292 g/mol. The number of halogens is 1. The van der Waals surface area contributed by atoms with Crippen molar-refractivity contribution in [1.29, 1.82) is 0 Å². The quantitative estimate of drug-likeness (QED) is 0.668. The van der Waals surface area contributed by atoms with E-state index in [1.54, 1.807) is 6.07 Å². The van der Waals surface area contributed by atoms with Crippen molar-refractivity contribution in [3.63, 3.8) is 0 Å². The third-order valence-corrected chi connectivity index (χ3v) is 2.86. The van der Waals surface area contributed by atoms with Gasteiger partial charge in [-0.25, -0.2) is 4.39 Å². The Bertz CT molecular complexity index is 696. The Kier molecular flexibility index (Phi) is 3.97. The maximum Gasteiger partial charge on any atom is 0.285 e. The van der Waals surface area contributed by atoms with Gasteiger partial charge in [0.2, 0.25) is 0 Å². The lowest BCUT2D eigenvalue weighted by Gasteiger charge is -2.03. The van der Waals surface area contributed by atoms with Crippen molar-refractivity contribution >= 4 is 17.4 Å². The van der Waals surface area contributed by atoms with Crippen LogP contribution >= 0.6 is 0 Å². The molecule has 1 heterocycles. The van der Waals surface area contributed by atoms with E-state index in [0.29, 0.717) is 6.07 Å². The van der Waals surface area contributed by atoms with Gasteiger partial charge in [0.05, 0.1) is 11.0 Å². The summed E-state index contributed by atoms with van der Waals surface area (Å²) in [6.45, 7) is 3.90. The van der Waals surface area contributed by atoms with E-state index in [2.05, 4.69) is 15.5 Å². The largest absolute Gasteiger partial charge is 0.305 e. The predicted octanol–water partition coefficient (Wildman–Crippen LogP) is 2.83. The van der Waals surface area contributed by atoms with Crippen molar-refractivity contribution in [3.8, 4) is 0 Å². The highest BCUT2D eigenvalue weighted by Crippen LogP contribution is 2.21. The van der Waals surface area contributed by atoms with E-state index in [1.807, 2.05) is 13.8 Å². The number of H-pyrrole nitrogens is 1. The van der Waals surface area contributed by atoms with Crippen LogP contribution in [0, 0.1) is 15.9 Å². The van der Waals surface area contributed by atoms with E-state index in [0.717, 1.165) is 17.8 Å². The second kappa shape index (κ2) is 5.70. The summed E-state index contributed by atoms with van der Waals surface area (Å²) in [5.41, 5.74) is 0.00141. The predicted molar refractivity (Wildman–Crippen MR) is 73.7 cm³/mol. The molecule has 0 saturated heterocycles. The zero-order valence-corrected chi connectivity index (χ0v) is 11.4. The number of nitro groups is 1. The fraction of sp³-hybridized carbons (Fsp3) is 0.231. The second-order valence-electron chi connectivity index (χ2n) is 4.74. The highest BCUT2D eigenvalue weighted by Gasteiger charge is 2.21. The minimum atomic E-state index is -0.803. The van der Waals surface area contributed by atoms with Crippen LogP contribution in [0.5, 0.6) is 0 Å². The molecule has 0 spiro atoms. The van der Waals surface area contributed by atoms with E-state index in [4.69, 9.17) is 0 Å². The van der Waals surface area contributed by atoms with Gasteiger partial charge in [-0.1, -0.05) is 13.8 Å². The highest BCUT2D eigenvalue weighted by molar-refractivity contribution is 6.06. The number of aromatic nitrogens is 2. The third kappa shape index (κ3) is 3.22. The molecule has 2 N–H and O–H groups in total. The monoisotopic (exact) mass is 292 g/mol. The number of carbonyl (C=O) groups excluding carboxylic acids is 1. The van der Waals surface area contributed by atoms with Crippen LogP contribution in [0.25, 0.3) is 0 Å². The molecule has 21 heavy (non-hydrogen) atoms. The molecule has 8 heteroatoms. The van der Waals surface area contributed by atoms with Crippen LogP contribution in [0.2, 0.25) is 0 Å². The molecule has 0 aliphatic carbocycles. The van der Waals surface area contributed by atoms with Gasteiger partial charge in [-0.05, 0) is 18.1 Å². The van der Waals surface area contributed by atoms with Gasteiger partial charge in [-0.2, -0.15) is 5.10 Å². The Morgan fingerprint density at radius 2 is 2.14 bits per heavy atom. The molecular weight excluding hydrogens is 279 g/mol. The molecule has 0 aliphatic heterocycles. The van der Waals surface area contributed by atoms with Crippen LogP contribution in [0.3, 0.4) is 0 Å². The lowest BCUT2D eigenvalue weighted by Crippen LogP contribution is -2.14. The van der Waals surface area contributed by atoms with Gasteiger partial charge < -0.3 is 5.32 Å². The summed E-state index contributed by atoms with van der Waals surface area (Å²) in [4.78, 5) is 22.1. The van der Waals surface area contributed by atoms with Crippen LogP contribution in [0.15, 0.2) is 24.3 Å². The van der Waals surface area contributed by atoms with Crippen LogP contribution in [0.1, 0.15) is 35.8 Å². The van der Waals surface area contributed by atoms with Gasteiger partial charge in [-0.15, -0.1) is 0 Å². The summed E-state index contributed by atoms with van der Waals surface area (Å²) < 4.78 is 13.0. The highest BCUT2D eigenvalue weighted by atomic mass is 19.1. The number of nitro benzene ring substituents is 1. The molecule has 0 radical (unpaired) electrons. The summed E-state index contributed by atoms with van der Waals surface area (Å²) in [6.07, 6.45) is 0. The summed E-state index contributed by atoms with van der Waals surface area (Å²) in [5, 5.41) is 19.9. The molecule has 0 aliphatic rings. The van der Waals surface area contributed by atoms with Crippen molar-refractivity contribution in [2.45, 2.75) is 19.8 Å². The topological polar surface area (TPSA) is 101 Å². The van der Waals surface area contributed by atoms with Gasteiger partial charge in [0.1, 0.15) is 11.4 Å². The smallest absolute Gasteiger partial charge is 0.285 e. The number of carbonyl (C=O) groups is 1. The van der Waals surface area contributed by atoms with Crippen LogP contribution in [-0.4, -0.2) is 21.0 Å². The number of amides is 1. The molecule has 7 nitrogen and oxygen atoms in total. The molecular formula is C13H13FN4O3. The molecule has 2 aromatic rings. The minimum absolute atomic E-state index is 0.198. The van der Waals surface area contributed by atoms with Crippen molar-refractivity contribution in [2.75, 3.05) is 5.32 Å². The zero-order chi connectivity index (χ0) is 15.6. The number of nitrogens with one attached hydrogen (secondary N) is 2. The Hall–Kier alpha value is -2.77. The van der Waals surface area contributed by atoms with E-state index >= 15 is 0 Å². The first-order chi connectivity index (χ1) is 9.88. The van der Waals surface area contributed by atoms with Gasteiger partial charge in [-0.3, -0.25) is 20.0 Å². The summed E-state index contributed by atoms with van der Waals surface area (Å²) in [5.74, 6) is -1.05. The van der Waals surface area contributed by atoms with Crippen molar-refractivity contribution in [2.24, 2.45) is 0 Å². The molecule has 1 amide bonds. The molecule has 0 atom stereocenters. The lowest BCUT2D eigenvalue weighted by atomic mass is 10.1. The van der Waals surface area contributed by atoms with Crippen LogP contribution < -0.4 is 5.32 Å². The summed E-state index contributed by atoms with van der Waals surface area (Å²) in [6, 6.07) is 4.40. The van der Waals surface area contributed by atoms with E-state index < -0.39 is 22.3 Å². The number of nitrogens with zero attached hydrogens (tertiary/aromatic N) is 2. The number of anilines is 1. The first-order valence-corrected chi connectivity index (χ1v) is 6.19. The Morgan fingerprint density at radius 1 is 1.43 bits per heavy atom. The number of rotatable bonds is 4. The second-order valence-corrected chi connectivity index (χ2v) is 4.74. The molecule has 2 rings (SSSR count). The SMILES string of the molecule is CC(C)c1cc(NC(=O)c2ccc(F)cc2[N+](=O)[O-])n[nH]1. The number of hydrogen-bond donors (Lipinski definition) is 2. The van der Waals surface area contributed by atoms with E-state index in [9.17, 15) is 19.3 Å². The summed E-state index contributed by atoms with van der Waals surface area (Å²) in [7, 11) is 0. The normalized spacial score (nSPS) is 10.7. The van der Waals surface area contributed by atoms with Crippen molar-refractivity contribution in [1.82, 2.24) is 10.2 Å². The van der Waals surface area contributed by atoms with E-state index in [1.165, 1.54) is 0 Å². The van der Waals surface area contributed by atoms with Gasteiger partial charge in [0.25, 0.3) is 11.6 Å². The van der Waals surface area contributed by atoms with Crippen molar-refractivity contribution in [3.05, 3.63) is 51.5 Å². The van der Waals surface area contributed by atoms with Crippen LogP contribution in [-0.2, 0) is 0 Å². The fourth-order valence-corrected chi connectivity index (χ4v) is 1.73. The number of aromatic amines is 1. The minimum Gasteiger partial charge on any atom is -0.305 e. The van der Waals surface area contributed by atoms with E-state index in [-0.39, 0.29) is 17.3 Å². The Morgan fingerprint density at radius 3 is 2.71 bits per heavy atom. The summed E-state index contributed by atoms with van der Waals surface area (Å²) >= 11 is 0. The maximum atomic E-state index is 13.0. The van der Waals surface area contributed by atoms with Gasteiger partial charge >= 0.3 is 0 Å². The molecule has 0 bridgehead atoms. The maximum absolute atomic E-state index is 13.0. The van der Waals surface area contributed by atoms with Crippen molar-refractivity contribution < 1.29 is 14.1 Å². The first kappa shape index (κ1) is 14.6. The average Bonchev–Trinajstić information content (AvgIpc) is 2.87. The molecule has 0 fully saturated rings. The molecule has 0 saturated carbocycles. The molecule has 1 aromatic heterocycles. The van der Waals surface area contributed by atoms with Crippen LogP contribution in [0.4, 0.5) is 15.9 Å². The number of hydrogen-bond acceptors (Lipinski definition) is 4. The molecule has 1 aromatic carbocycles. The Balaban J connectivity index is 2.26. The molecule has 110 valence electrons.